The van der Waals surface area contributed by atoms with Crippen LogP contribution in [-0.4, -0.2) is 60.9 Å². The number of piperazine rings is 1. The highest BCUT2D eigenvalue weighted by Crippen LogP contribution is 2.38. The average Bonchev–Trinajstić information content (AvgIpc) is 2.75. The predicted octanol–water partition coefficient (Wildman–Crippen LogP) is 5.44. The summed E-state index contributed by atoms with van der Waals surface area (Å²) in [6, 6.07) is 5.06. The third-order valence-corrected chi connectivity index (χ3v) is 9.42. The standard InChI is InChI=1S/C22H32Cl2N2O3S.ClH/c1-2-16-30(28,29)26-14-12-25(13-15-26)22(9-4-3-5-10-22)11-8-21(27)18-6-7-19(23)20(24)17-18;/h6-7,17H,2-5,8-16H2,1H3;1H. The molecule has 9 heteroatoms. The quantitative estimate of drug-likeness (QED) is 0.436. The van der Waals surface area contributed by atoms with E-state index in [-0.39, 0.29) is 29.5 Å². The molecule has 31 heavy (non-hydrogen) atoms. The van der Waals surface area contributed by atoms with Gasteiger partial charge in [0.25, 0.3) is 0 Å². The number of carbonyl (C=O) groups excluding carboxylic acids is 1. The smallest absolute Gasteiger partial charge is 0.214 e. The third-order valence-electron chi connectivity index (χ3n) is 6.61. The van der Waals surface area contributed by atoms with Crippen LogP contribution in [0.5, 0.6) is 0 Å². The molecule has 1 saturated carbocycles. The van der Waals surface area contributed by atoms with Gasteiger partial charge in [0, 0.05) is 43.7 Å². The van der Waals surface area contributed by atoms with Gasteiger partial charge in [-0.1, -0.05) is 49.4 Å². The second-order valence-corrected chi connectivity index (χ2v) is 11.4. The van der Waals surface area contributed by atoms with Crippen LogP contribution in [-0.2, 0) is 10.0 Å². The Kier molecular flexibility index (Phi) is 10.1. The zero-order valence-electron chi connectivity index (χ0n) is 18.1. The molecule has 0 aromatic heterocycles. The molecule has 0 spiro atoms. The zero-order valence-corrected chi connectivity index (χ0v) is 21.3. The van der Waals surface area contributed by atoms with E-state index in [4.69, 9.17) is 23.2 Å². The van der Waals surface area contributed by atoms with E-state index in [1.807, 2.05) is 6.92 Å². The summed E-state index contributed by atoms with van der Waals surface area (Å²) in [5, 5.41) is 0.854. The van der Waals surface area contributed by atoms with E-state index in [1.165, 1.54) is 6.42 Å². The maximum atomic E-state index is 12.8. The monoisotopic (exact) mass is 510 g/mol. The molecule has 5 nitrogen and oxygen atoms in total. The number of halogens is 3. The molecular weight excluding hydrogens is 479 g/mol. The van der Waals surface area contributed by atoms with Gasteiger partial charge < -0.3 is 0 Å². The number of hydrogen-bond donors (Lipinski definition) is 0. The Bertz CT molecular complexity index is 850. The van der Waals surface area contributed by atoms with E-state index in [1.54, 1.807) is 22.5 Å². The first kappa shape index (κ1) is 26.9. The molecule has 1 aromatic rings. The number of ketones is 1. The Balaban J connectivity index is 0.00000341. The lowest BCUT2D eigenvalue weighted by atomic mass is 9.76. The summed E-state index contributed by atoms with van der Waals surface area (Å²) in [4.78, 5) is 15.3. The van der Waals surface area contributed by atoms with Crippen molar-refractivity contribution in [3.05, 3.63) is 33.8 Å². The van der Waals surface area contributed by atoms with Crippen LogP contribution in [0.15, 0.2) is 18.2 Å². The molecule has 1 heterocycles. The number of benzene rings is 1. The molecule has 2 fully saturated rings. The molecule has 3 rings (SSSR count). The molecule has 0 unspecified atom stereocenters. The lowest BCUT2D eigenvalue weighted by Gasteiger charge is -2.50. The van der Waals surface area contributed by atoms with Crippen molar-refractivity contribution in [2.45, 2.75) is 63.8 Å². The van der Waals surface area contributed by atoms with Gasteiger partial charge in [-0.3, -0.25) is 9.69 Å². The van der Waals surface area contributed by atoms with Crippen molar-refractivity contribution in [3.63, 3.8) is 0 Å². The summed E-state index contributed by atoms with van der Waals surface area (Å²) in [5.74, 6) is 0.304. The molecule has 1 aliphatic heterocycles. The van der Waals surface area contributed by atoms with Gasteiger partial charge >= 0.3 is 0 Å². The van der Waals surface area contributed by atoms with Crippen molar-refractivity contribution in [3.8, 4) is 0 Å². The molecular formula is C22H33Cl3N2O3S. The zero-order chi connectivity index (χ0) is 21.8. The summed E-state index contributed by atoms with van der Waals surface area (Å²) in [6.07, 6.45) is 7.61. The molecule has 0 N–H and O–H groups in total. The molecule has 1 saturated heterocycles. The minimum atomic E-state index is -3.15. The van der Waals surface area contributed by atoms with E-state index in [0.29, 0.717) is 41.5 Å². The molecule has 176 valence electrons. The second kappa shape index (κ2) is 11.7. The number of carbonyl (C=O) groups is 1. The van der Waals surface area contributed by atoms with Crippen LogP contribution in [0.3, 0.4) is 0 Å². The minimum Gasteiger partial charge on any atom is -0.295 e. The van der Waals surface area contributed by atoms with Crippen molar-refractivity contribution in [1.82, 2.24) is 9.21 Å². The van der Waals surface area contributed by atoms with Crippen LogP contribution < -0.4 is 0 Å². The van der Waals surface area contributed by atoms with E-state index < -0.39 is 10.0 Å². The van der Waals surface area contributed by atoms with Gasteiger partial charge in [0.15, 0.2) is 5.78 Å². The van der Waals surface area contributed by atoms with E-state index in [2.05, 4.69) is 4.90 Å². The SMILES string of the molecule is CCCS(=O)(=O)N1CCN(C2(CCC(=O)c3ccc(Cl)c(Cl)c3)CCCCC2)CC1.Cl. The fourth-order valence-corrected chi connectivity index (χ4v) is 6.71. The van der Waals surface area contributed by atoms with Gasteiger partial charge in [0.1, 0.15) is 0 Å². The summed E-state index contributed by atoms with van der Waals surface area (Å²) >= 11 is 12.1. The fraction of sp³-hybridized carbons (Fsp3) is 0.682. The molecule has 1 aliphatic carbocycles. The molecule has 2 aliphatic rings. The highest BCUT2D eigenvalue weighted by Gasteiger charge is 2.40. The molecule has 1 aromatic carbocycles. The van der Waals surface area contributed by atoms with Crippen LogP contribution in [0.2, 0.25) is 10.0 Å². The van der Waals surface area contributed by atoms with Gasteiger partial charge in [-0.15, -0.1) is 12.4 Å². The fourth-order valence-electron chi connectivity index (χ4n) is 4.92. The first-order valence-corrected chi connectivity index (χ1v) is 13.3. The van der Waals surface area contributed by atoms with Crippen LogP contribution >= 0.6 is 35.6 Å². The largest absolute Gasteiger partial charge is 0.295 e. The maximum absolute atomic E-state index is 12.8. The normalized spacial score (nSPS) is 20.2. The summed E-state index contributed by atoms with van der Waals surface area (Å²) in [6.45, 7) is 4.47. The van der Waals surface area contributed by atoms with Crippen molar-refractivity contribution >= 4 is 51.4 Å². The summed E-state index contributed by atoms with van der Waals surface area (Å²) in [5.41, 5.74) is 0.593. The topological polar surface area (TPSA) is 57.7 Å². The first-order valence-electron chi connectivity index (χ1n) is 11.0. The number of rotatable bonds is 8. The Morgan fingerprint density at radius 2 is 1.68 bits per heavy atom. The lowest BCUT2D eigenvalue weighted by molar-refractivity contribution is 0.0165. The van der Waals surface area contributed by atoms with Crippen LogP contribution in [0.1, 0.15) is 68.6 Å². The van der Waals surface area contributed by atoms with Gasteiger partial charge in [-0.05, 0) is 43.9 Å². The van der Waals surface area contributed by atoms with Crippen LogP contribution in [0, 0.1) is 0 Å². The van der Waals surface area contributed by atoms with Crippen LogP contribution in [0.25, 0.3) is 0 Å². The third kappa shape index (κ3) is 6.58. The van der Waals surface area contributed by atoms with Gasteiger partial charge in [0.2, 0.25) is 10.0 Å². The van der Waals surface area contributed by atoms with Gasteiger partial charge in [-0.25, -0.2) is 8.42 Å². The van der Waals surface area contributed by atoms with E-state index in [9.17, 15) is 13.2 Å². The molecule has 0 atom stereocenters. The minimum absolute atomic E-state index is 0. The van der Waals surface area contributed by atoms with Crippen molar-refractivity contribution in [2.75, 3.05) is 31.9 Å². The van der Waals surface area contributed by atoms with Gasteiger partial charge in [0.05, 0.1) is 15.8 Å². The Hall–Kier alpha value is -0.370. The number of sulfonamides is 1. The highest BCUT2D eigenvalue weighted by atomic mass is 35.5. The molecule has 0 bridgehead atoms. The first-order chi connectivity index (χ1) is 14.3. The highest BCUT2D eigenvalue weighted by molar-refractivity contribution is 7.89. The lowest BCUT2D eigenvalue weighted by Crippen LogP contribution is -2.58. The summed E-state index contributed by atoms with van der Waals surface area (Å²) in [7, 11) is -3.15. The second-order valence-electron chi connectivity index (χ2n) is 8.54. The van der Waals surface area contributed by atoms with Crippen molar-refractivity contribution in [1.29, 1.82) is 0 Å². The number of hydrogen-bond acceptors (Lipinski definition) is 4. The number of Topliss-reactive ketones (excluding diaryl/α,β-unsaturated/α-hetero) is 1. The average molecular weight is 512 g/mol. The Morgan fingerprint density at radius 1 is 1.03 bits per heavy atom. The Morgan fingerprint density at radius 3 is 2.26 bits per heavy atom. The predicted molar refractivity (Wildman–Crippen MR) is 130 cm³/mol. The van der Waals surface area contributed by atoms with E-state index in [0.717, 1.165) is 45.2 Å². The van der Waals surface area contributed by atoms with Gasteiger partial charge in [-0.2, -0.15) is 4.31 Å². The Labute approximate surface area is 202 Å². The van der Waals surface area contributed by atoms with Crippen LogP contribution in [0.4, 0.5) is 0 Å². The molecule has 0 amide bonds. The summed E-state index contributed by atoms with van der Waals surface area (Å²) < 4.78 is 26.5. The van der Waals surface area contributed by atoms with E-state index >= 15 is 0 Å². The number of nitrogens with zero attached hydrogens (tertiary/aromatic N) is 2. The maximum Gasteiger partial charge on any atom is 0.214 e. The molecule has 0 radical (unpaired) electrons. The van der Waals surface area contributed by atoms with Crippen molar-refractivity contribution < 1.29 is 13.2 Å². The van der Waals surface area contributed by atoms with Crippen molar-refractivity contribution in [2.24, 2.45) is 0 Å².